The predicted molar refractivity (Wildman–Crippen MR) is 102 cm³/mol. The second kappa shape index (κ2) is 6.99. The summed E-state index contributed by atoms with van der Waals surface area (Å²) in [5.74, 6) is 0.828. The monoisotopic (exact) mass is 362 g/mol. The Balaban J connectivity index is 1.44. The number of hydrazone groups is 1. The number of rotatable bonds is 3. The van der Waals surface area contributed by atoms with Gasteiger partial charge in [0.2, 0.25) is 6.10 Å². The van der Waals surface area contributed by atoms with Crippen LogP contribution in [0.15, 0.2) is 59.7 Å². The van der Waals surface area contributed by atoms with Crippen LogP contribution in [0, 0.1) is 6.92 Å². The molecule has 0 aromatic heterocycles. The smallest absolute Gasteiger partial charge is 0.284 e. The van der Waals surface area contributed by atoms with Gasteiger partial charge in [-0.1, -0.05) is 30.3 Å². The Bertz CT molecular complexity index is 1050. The minimum Gasteiger partial charge on any atom is -0.507 e. The van der Waals surface area contributed by atoms with Crippen LogP contribution in [-0.2, 0) is 4.79 Å². The van der Waals surface area contributed by atoms with Gasteiger partial charge in [-0.25, -0.2) is 5.43 Å². The van der Waals surface area contributed by atoms with Gasteiger partial charge >= 0.3 is 0 Å². The number of hydrogen-bond acceptors (Lipinski definition) is 5. The third-order valence-corrected chi connectivity index (χ3v) is 4.33. The lowest BCUT2D eigenvalue weighted by Gasteiger charge is -2.25. The van der Waals surface area contributed by atoms with Gasteiger partial charge in [-0.05, 0) is 47.5 Å². The van der Waals surface area contributed by atoms with E-state index in [4.69, 9.17) is 9.47 Å². The molecule has 1 atom stereocenters. The van der Waals surface area contributed by atoms with Crippen molar-refractivity contribution in [3.8, 4) is 17.2 Å². The summed E-state index contributed by atoms with van der Waals surface area (Å²) < 4.78 is 11.5. The van der Waals surface area contributed by atoms with Crippen molar-refractivity contribution in [3.05, 3.63) is 65.7 Å². The summed E-state index contributed by atoms with van der Waals surface area (Å²) >= 11 is 0. The Morgan fingerprint density at radius 3 is 2.63 bits per heavy atom. The van der Waals surface area contributed by atoms with Crippen molar-refractivity contribution in [2.45, 2.75) is 13.0 Å². The topological polar surface area (TPSA) is 80.2 Å². The van der Waals surface area contributed by atoms with Crippen LogP contribution in [0.4, 0.5) is 0 Å². The van der Waals surface area contributed by atoms with Crippen molar-refractivity contribution in [1.29, 1.82) is 0 Å². The van der Waals surface area contributed by atoms with E-state index in [-0.39, 0.29) is 12.4 Å². The zero-order valence-electron chi connectivity index (χ0n) is 14.7. The molecule has 136 valence electrons. The fraction of sp³-hybridized carbons (Fsp3) is 0.143. The van der Waals surface area contributed by atoms with Crippen LogP contribution >= 0.6 is 0 Å². The Morgan fingerprint density at radius 1 is 1.15 bits per heavy atom. The van der Waals surface area contributed by atoms with E-state index in [1.165, 1.54) is 6.21 Å². The zero-order chi connectivity index (χ0) is 18.8. The van der Waals surface area contributed by atoms with E-state index in [1.54, 1.807) is 12.1 Å². The number of phenols is 1. The van der Waals surface area contributed by atoms with Crippen LogP contribution in [0.1, 0.15) is 11.1 Å². The highest BCUT2D eigenvalue weighted by atomic mass is 16.6. The number of nitrogens with one attached hydrogen (secondary N) is 1. The van der Waals surface area contributed by atoms with Crippen LogP contribution in [0.25, 0.3) is 10.8 Å². The lowest BCUT2D eigenvalue weighted by molar-refractivity contribution is -0.130. The SMILES string of the molecule is Cc1ccc(/C=N/NC(=O)C2COc3cc4ccccc4cc3O2)c(O)c1. The molecule has 6 heteroatoms. The van der Waals surface area contributed by atoms with E-state index in [2.05, 4.69) is 10.5 Å². The lowest BCUT2D eigenvalue weighted by atomic mass is 10.1. The minimum atomic E-state index is -0.803. The highest BCUT2D eigenvalue weighted by Gasteiger charge is 2.27. The number of fused-ring (bicyclic) bond motifs is 2. The molecule has 27 heavy (non-hydrogen) atoms. The highest BCUT2D eigenvalue weighted by Crippen LogP contribution is 2.35. The molecule has 0 radical (unpaired) electrons. The Kier molecular flexibility index (Phi) is 4.38. The summed E-state index contributed by atoms with van der Waals surface area (Å²) in [6.07, 6.45) is 0.583. The zero-order valence-corrected chi connectivity index (χ0v) is 14.7. The van der Waals surface area contributed by atoms with E-state index in [1.807, 2.05) is 49.4 Å². The molecule has 0 saturated carbocycles. The van der Waals surface area contributed by atoms with E-state index in [9.17, 15) is 9.90 Å². The number of hydrogen-bond donors (Lipinski definition) is 2. The predicted octanol–water partition coefficient (Wildman–Crippen LogP) is 3.14. The van der Waals surface area contributed by atoms with Crippen LogP contribution in [0.5, 0.6) is 17.2 Å². The summed E-state index contributed by atoms with van der Waals surface area (Å²) in [5.41, 5.74) is 3.88. The molecule has 4 rings (SSSR count). The third kappa shape index (κ3) is 3.55. The summed E-state index contributed by atoms with van der Waals surface area (Å²) in [7, 11) is 0. The van der Waals surface area contributed by atoms with Crippen molar-refractivity contribution in [1.82, 2.24) is 5.43 Å². The van der Waals surface area contributed by atoms with Crippen molar-refractivity contribution in [2.75, 3.05) is 6.61 Å². The maximum absolute atomic E-state index is 12.3. The Hall–Kier alpha value is -3.54. The fourth-order valence-corrected chi connectivity index (χ4v) is 2.89. The number of aryl methyl sites for hydroxylation is 1. The third-order valence-electron chi connectivity index (χ3n) is 4.33. The van der Waals surface area contributed by atoms with Crippen molar-refractivity contribution in [3.63, 3.8) is 0 Å². The molecular formula is C21H18N2O4. The molecule has 0 aliphatic carbocycles. The van der Waals surface area contributed by atoms with Gasteiger partial charge in [0, 0.05) is 5.56 Å². The maximum Gasteiger partial charge on any atom is 0.284 e. The number of aromatic hydroxyl groups is 1. The number of carbonyl (C=O) groups is 1. The number of ether oxygens (including phenoxy) is 2. The normalized spacial score (nSPS) is 15.8. The first-order valence-corrected chi connectivity index (χ1v) is 8.55. The van der Waals surface area contributed by atoms with Crippen LogP contribution in [0.3, 0.4) is 0 Å². The molecule has 0 saturated heterocycles. The first-order valence-electron chi connectivity index (χ1n) is 8.55. The first-order chi connectivity index (χ1) is 13.1. The quantitative estimate of drug-likeness (QED) is 0.554. The molecule has 1 aliphatic heterocycles. The summed E-state index contributed by atoms with van der Waals surface area (Å²) in [5, 5.41) is 15.8. The molecule has 0 bridgehead atoms. The Labute approximate surface area is 156 Å². The van der Waals surface area contributed by atoms with Crippen LogP contribution in [0.2, 0.25) is 0 Å². The number of benzene rings is 3. The average molecular weight is 362 g/mol. The second-order valence-electron chi connectivity index (χ2n) is 6.36. The molecule has 3 aromatic rings. The van der Waals surface area contributed by atoms with Crippen molar-refractivity contribution >= 4 is 22.9 Å². The van der Waals surface area contributed by atoms with Gasteiger partial charge in [-0.15, -0.1) is 0 Å². The molecule has 3 aromatic carbocycles. The van der Waals surface area contributed by atoms with Gasteiger partial charge in [-0.3, -0.25) is 4.79 Å². The van der Waals surface area contributed by atoms with Gasteiger partial charge in [0.25, 0.3) is 5.91 Å². The molecule has 2 N–H and O–H groups in total. The second-order valence-corrected chi connectivity index (χ2v) is 6.36. The highest BCUT2D eigenvalue weighted by molar-refractivity contribution is 5.88. The van der Waals surface area contributed by atoms with Crippen molar-refractivity contribution in [2.24, 2.45) is 5.10 Å². The van der Waals surface area contributed by atoms with E-state index in [0.717, 1.165) is 16.3 Å². The van der Waals surface area contributed by atoms with Crippen LogP contribution < -0.4 is 14.9 Å². The molecule has 0 spiro atoms. The molecule has 1 aliphatic rings. The lowest BCUT2D eigenvalue weighted by Crippen LogP contribution is -2.42. The minimum absolute atomic E-state index is 0.0997. The van der Waals surface area contributed by atoms with E-state index >= 15 is 0 Å². The Morgan fingerprint density at radius 2 is 1.89 bits per heavy atom. The number of nitrogens with zero attached hydrogens (tertiary/aromatic N) is 1. The standard InChI is InChI=1S/C21H18N2O4/c1-13-6-7-16(17(24)8-13)11-22-23-21(25)20-12-26-18-9-14-4-2-3-5-15(14)10-19(18)27-20/h2-11,20,24H,12H2,1H3,(H,23,25)/b22-11+. The molecule has 1 heterocycles. The fourth-order valence-electron chi connectivity index (χ4n) is 2.89. The molecule has 0 fully saturated rings. The van der Waals surface area contributed by atoms with Gasteiger partial charge < -0.3 is 14.6 Å². The van der Waals surface area contributed by atoms with Gasteiger partial charge in [0.15, 0.2) is 11.5 Å². The number of phenolic OH excluding ortho intramolecular Hbond substituents is 1. The maximum atomic E-state index is 12.3. The van der Waals surface area contributed by atoms with Crippen LogP contribution in [-0.4, -0.2) is 29.9 Å². The van der Waals surface area contributed by atoms with E-state index in [0.29, 0.717) is 17.1 Å². The molecule has 1 unspecified atom stereocenters. The average Bonchev–Trinajstić information content (AvgIpc) is 2.67. The van der Waals surface area contributed by atoms with Crippen molar-refractivity contribution < 1.29 is 19.4 Å². The van der Waals surface area contributed by atoms with Gasteiger partial charge in [0.05, 0.1) is 6.21 Å². The molecular weight excluding hydrogens is 344 g/mol. The number of amides is 1. The largest absolute Gasteiger partial charge is 0.507 e. The summed E-state index contributed by atoms with van der Waals surface area (Å²) in [4.78, 5) is 12.3. The van der Waals surface area contributed by atoms with E-state index < -0.39 is 12.0 Å². The first kappa shape index (κ1) is 16.9. The number of carbonyl (C=O) groups excluding carboxylic acids is 1. The summed E-state index contributed by atoms with van der Waals surface area (Å²) in [6, 6.07) is 16.8. The molecule has 6 nitrogen and oxygen atoms in total. The van der Waals surface area contributed by atoms with Gasteiger partial charge in [0.1, 0.15) is 12.4 Å². The van der Waals surface area contributed by atoms with Gasteiger partial charge in [-0.2, -0.15) is 5.10 Å². The summed E-state index contributed by atoms with van der Waals surface area (Å²) in [6.45, 7) is 1.98. The molecule has 1 amide bonds.